The molecule has 4 fully saturated rings. The molecule has 0 aromatic rings. The molecule has 216 valence electrons. The van der Waals surface area contributed by atoms with E-state index in [0.29, 0.717) is 37.0 Å². The Morgan fingerprint density at radius 1 is 0.947 bits per heavy atom. The van der Waals surface area contributed by atoms with Crippen LogP contribution in [0.1, 0.15) is 120 Å². The molecular formula is C33H54O5. The molecule has 0 unspecified atom stereocenters. The fourth-order valence-corrected chi connectivity index (χ4v) is 10.3. The van der Waals surface area contributed by atoms with Crippen LogP contribution in [0.4, 0.5) is 0 Å². The Hall–Kier alpha value is -1.39. The normalized spacial score (nSPS) is 42.0. The van der Waals surface area contributed by atoms with Crippen molar-refractivity contribution in [2.24, 2.45) is 58.2 Å². The molecule has 0 N–H and O–H groups in total. The number of hydrogen-bond acceptors (Lipinski definition) is 5. The van der Waals surface area contributed by atoms with Crippen molar-refractivity contribution in [2.75, 3.05) is 0 Å². The van der Waals surface area contributed by atoms with Crippen LogP contribution >= 0.6 is 0 Å². The summed E-state index contributed by atoms with van der Waals surface area (Å²) in [7, 11) is 0. The second-order valence-electron chi connectivity index (χ2n) is 14.4. The molecule has 4 rings (SSSR count). The molecule has 5 nitrogen and oxygen atoms in total. The maximum Gasteiger partial charge on any atom is 0.302 e. The monoisotopic (exact) mass is 530 g/mol. The van der Waals surface area contributed by atoms with Crippen LogP contribution in [0.25, 0.3) is 0 Å². The summed E-state index contributed by atoms with van der Waals surface area (Å²) in [6, 6.07) is 0. The number of ether oxygens (including phenoxy) is 2. The van der Waals surface area contributed by atoms with Gasteiger partial charge in [0.05, 0.1) is 0 Å². The third-order valence-electron chi connectivity index (χ3n) is 12.3. The molecule has 11 atom stereocenters. The molecule has 38 heavy (non-hydrogen) atoms. The summed E-state index contributed by atoms with van der Waals surface area (Å²) in [4.78, 5) is 37.8. The van der Waals surface area contributed by atoms with Crippen LogP contribution in [-0.4, -0.2) is 29.9 Å². The van der Waals surface area contributed by atoms with Crippen molar-refractivity contribution in [3.63, 3.8) is 0 Å². The van der Waals surface area contributed by atoms with E-state index in [9.17, 15) is 14.4 Å². The van der Waals surface area contributed by atoms with Crippen molar-refractivity contribution < 1.29 is 23.9 Å². The Labute approximate surface area is 231 Å². The number of esters is 2. The van der Waals surface area contributed by atoms with Crippen molar-refractivity contribution in [1.82, 2.24) is 0 Å². The molecule has 0 heterocycles. The van der Waals surface area contributed by atoms with Crippen molar-refractivity contribution in [3.8, 4) is 0 Å². The molecule has 0 bridgehead atoms. The summed E-state index contributed by atoms with van der Waals surface area (Å²) in [5, 5.41) is 0. The lowest BCUT2D eigenvalue weighted by atomic mass is 9.43. The number of rotatable bonds is 8. The van der Waals surface area contributed by atoms with Gasteiger partial charge in [0.15, 0.2) is 0 Å². The van der Waals surface area contributed by atoms with Gasteiger partial charge in [-0.3, -0.25) is 14.4 Å². The van der Waals surface area contributed by atoms with Gasteiger partial charge in [-0.15, -0.1) is 0 Å². The lowest BCUT2D eigenvalue weighted by molar-refractivity contribution is -0.197. The van der Waals surface area contributed by atoms with Crippen LogP contribution in [-0.2, 0) is 23.9 Å². The second-order valence-corrected chi connectivity index (χ2v) is 14.4. The smallest absolute Gasteiger partial charge is 0.302 e. The zero-order valence-corrected chi connectivity index (χ0v) is 25.4. The van der Waals surface area contributed by atoms with E-state index in [1.165, 1.54) is 46.0 Å². The topological polar surface area (TPSA) is 69.7 Å². The first kappa shape index (κ1) is 29.6. The fourth-order valence-electron chi connectivity index (χ4n) is 10.3. The number of carbonyl (C=O) groups excluding carboxylic acids is 3. The van der Waals surface area contributed by atoms with E-state index in [1.807, 2.05) is 0 Å². The van der Waals surface area contributed by atoms with Crippen LogP contribution < -0.4 is 0 Å². The van der Waals surface area contributed by atoms with Crippen LogP contribution in [0, 0.1) is 58.2 Å². The Balaban J connectivity index is 1.58. The molecule has 5 heteroatoms. The number of hydrogen-bond donors (Lipinski definition) is 0. The van der Waals surface area contributed by atoms with Crippen LogP contribution in [0.2, 0.25) is 0 Å². The van der Waals surface area contributed by atoms with Gasteiger partial charge in [0.25, 0.3) is 0 Å². The summed E-state index contributed by atoms with van der Waals surface area (Å²) in [5.41, 5.74) is -0.186. The van der Waals surface area contributed by atoms with Gasteiger partial charge < -0.3 is 9.47 Å². The molecule has 0 aliphatic heterocycles. The predicted octanol–water partition coefficient (Wildman–Crippen LogP) is 7.40. The van der Waals surface area contributed by atoms with Gasteiger partial charge >= 0.3 is 11.9 Å². The van der Waals surface area contributed by atoms with Gasteiger partial charge in [0, 0.05) is 31.6 Å². The van der Waals surface area contributed by atoms with Gasteiger partial charge in [0.2, 0.25) is 0 Å². The lowest BCUT2D eigenvalue weighted by Crippen LogP contribution is -2.62. The summed E-state index contributed by atoms with van der Waals surface area (Å²) >= 11 is 0. The first-order chi connectivity index (χ1) is 17.8. The van der Waals surface area contributed by atoms with E-state index in [4.69, 9.17) is 9.47 Å². The molecule has 0 spiro atoms. The molecule has 0 aromatic carbocycles. The third kappa shape index (κ3) is 5.21. The minimum absolute atomic E-state index is 0.0844. The minimum Gasteiger partial charge on any atom is -0.462 e. The van der Waals surface area contributed by atoms with Gasteiger partial charge in [-0.05, 0) is 91.8 Å². The Bertz CT molecular complexity index is 896. The molecule has 0 aromatic heterocycles. The standard InChI is InChI=1S/C33H54O5/c1-9-23(19(2)3)11-10-20(4)26-12-13-27-31-28(14-15-32(26,27)7)33(8)24(17-29(31)38-22(6)35)16-25(18-30(33)36)37-21(5)34/h19-20,23-29,31H,9-18H2,1-8H3/t20-,23-,24-,25-,26-,27+,28+,29-,31+,32-,33+/m1/s1. The average Bonchev–Trinajstić information content (AvgIpc) is 3.17. The first-order valence-corrected chi connectivity index (χ1v) is 15.7. The van der Waals surface area contributed by atoms with E-state index in [-0.39, 0.29) is 53.1 Å². The van der Waals surface area contributed by atoms with E-state index in [1.54, 1.807) is 0 Å². The number of carbonyl (C=O) groups is 3. The number of fused-ring (bicyclic) bond motifs is 5. The van der Waals surface area contributed by atoms with Crippen LogP contribution in [0.3, 0.4) is 0 Å². The van der Waals surface area contributed by atoms with Gasteiger partial charge in [0.1, 0.15) is 18.0 Å². The minimum atomic E-state index is -0.422. The highest BCUT2D eigenvalue weighted by Crippen LogP contribution is 2.68. The maximum atomic E-state index is 13.8. The SMILES string of the molecule is CC[C@H](CC[C@@H](C)[C@H]1CC[C@H]2[C@@H]3[C@H](OC(C)=O)C[C@H]4C[C@@H](OC(C)=O)CC(=O)[C@]4(C)[C@H]3CC[C@]12C)C(C)C. The zero-order valence-electron chi connectivity index (χ0n) is 25.4. The Morgan fingerprint density at radius 2 is 1.63 bits per heavy atom. The van der Waals surface area contributed by atoms with Gasteiger partial charge in [-0.25, -0.2) is 0 Å². The first-order valence-electron chi connectivity index (χ1n) is 15.7. The summed E-state index contributed by atoms with van der Waals surface area (Å²) < 4.78 is 11.6. The maximum absolute atomic E-state index is 13.8. The summed E-state index contributed by atoms with van der Waals surface area (Å²) in [5.74, 6) is 3.67. The highest BCUT2D eigenvalue weighted by atomic mass is 16.5. The van der Waals surface area contributed by atoms with Crippen LogP contribution in [0.5, 0.6) is 0 Å². The summed E-state index contributed by atoms with van der Waals surface area (Å²) in [6.45, 7) is 17.2. The van der Waals surface area contributed by atoms with Crippen molar-refractivity contribution in [2.45, 2.75) is 132 Å². The summed E-state index contributed by atoms with van der Waals surface area (Å²) in [6.07, 6.45) is 9.70. The predicted molar refractivity (Wildman–Crippen MR) is 149 cm³/mol. The van der Waals surface area contributed by atoms with E-state index < -0.39 is 5.41 Å². The molecule has 4 aliphatic rings. The number of ketones is 1. The second kappa shape index (κ2) is 11.2. The molecular weight excluding hydrogens is 476 g/mol. The van der Waals surface area contributed by atoms with Crippen molar-refractivity contribution in [3.05, 3.63) is 0 Å². The van der Waals surface area contributed by atoms with E-state index in [0.717, 1.165) is 24.7 Å². The molecule has 0 saturated heterocycles. The van der Waals surface area contributed by atoms with Crippen molar-refractivity contribution in [1.29, 1.82) is 0 Å². The molecule has 4 aliphatic carbocycles. The zero-order chi connectivity index (χ0) is 28.0. The van der Waals surface area contributed by atoms with Crippen molar-refractivity contribution >= 4 is 17.7 Å². The average molecular weight is 531 g/mol. The lowest BCUT2D eigenvalue weighted by Gasteiger charge is -2.61. The Kier molecular flexibility index (Phi) is 8.75. The highest BCUT2D eigenvalue weighted by molar-refractivity contribution is 5.87. The van der Waals surface area contributed by atoms with Crippen LogP contribution in [0.15, 0.2) is 0 Å². The van der Waals surface area contributed by atoms with Gasteiger partial charge in [-0.1, -0.05) is 54.4 Å². The molecule has 4 saturated carbocycles. The Morgan fingerprint density at radius 3 is 2.24 bits per heavy atom. The fraction of sp³-hybridized carbons (Fsp3) is 0.909. The highest BCUT2D eigenvalue weighted by Gasteiger charge is 2.66. The van der Waals surface area contributed by atoms with E-state index in [2.05, 4.69) is 41.5 Å². The largest absolute Gasteiger partial charge is 0.462 e. The van der Waals surface area contributed by atoms with Gasteiger partial charge in [-0.2, -0.15) is 0 Å². The molecule has 0 amide bonds. The third-order valence-corrected chi connectivity index (χ3v) is 12.3. The van der Waals surface area contributed by atoms with E-state index >= 15 is 0 Å². The number of Topliss-reactive ketones (excluding diaryl/α,β-unsaturated/α-hetero) is 1. The quantitative estimate of drug-likeness (QED) is 0.306. The molecule has 0 radical (unpaired) electrons.